The summed E-state index contributed by atoms with van der Waals surface area (Å²) < 4.78 is 67.2. The molecule has 0 spiro atoms. The summed E-state index contributed by atoms with van der Waals surface area (Å²) in [7, 11) is -3.47. The molecular formula is C21H18F2N2O7S. The largest absolute Gasteiger partial charge is 0.491 e. The fourth-order valence-corrected chi connectivity index (χ4v) is 4.10. The van der Waals surface area contributed by atoms with E-state index in [4.69, 9.17) is 19.7 Å². The highest BCUT2D eigenvalue weighted by Crippen LogP contribution is 2.35. The molecule has 33 heavy (non-hydrogen) atoms. The minimum absolute atomic E-state index is 0.0774. The summed E-state index contributed by atoms with van der Waals surface area (Å²) in [4.78, 5) is 14.2. The Bertz CT molecular complexity index is 1300. The first-order chi connectivity index (χ1) is 15.7. The molecule has 0 unspecified atom stereocenters. The molecule has 0 amide bonds. The van der Waals surface area contributed by atoms with Gasteiger partial charge in [0.15, 0.2) is 4.90 Å². The summed E-state index contributed by atoms with van der Waals surface area (Å²) in [5, 5.41) is 18.1. The smallest absolute Gasteiger partial charge is 0.337 e. The van der Waals surface area contributed by atoms with Crippen molar-refractivity contribution in [3.8, 4) is 22.8 Å². The third kappa shape index (κ3) is 5.18. The molecule has 1 heterocycles. The molecule has 0 aliphatic heterocycles. The molecule has 0 fully saturated rings. The standard InChI is InChI=1S/C21H18F2N2O7S/c1-31-20-19(8-12(11-24-20)21(27)28)33(29,30)25-17-9-14(15(22)10-16(17)23)13-4-2-3-5-18(13)32-7-6-26/h2-5,8-11,25-26H,6-7H2,1H3,(H,27,28). The third-order valence-electron chi connectivity index (χ3n) is 4.38. The van der Waals surface area contributed by atoms with Gasteiger partial charge in [-0.1, -0.05) is 18.2 Å². The van der Waals surface area contributed by atoms with E-state index in [1.807, 2.05) is 4.72 Å². The molecule has 9 nitrogen and oxygen atoms in total. The minimum Gasteiger partial charge on any atom is -0.491 e. The molecule has 0 aliphatic carbocycles. The number of carboxylic acids is 1. The lowest BCUT2D eigenvalue weighted by molar-refractivity contribution is 0.0696. The maximum absolute atomic E-state index is 14.6. The van der Waals surface area contributed by atoms with Crippen LogP contribution in [0.1, 0.15) is 10.4 Å². The number of sulfonamides is 1. The molecule has 3 N–H and O–H groups in total. The van der Waals surface area contributed by atoms with E-state index in [-0.39, 0.29) is 30.1 Å². The Morgan fingerprint density at radius 1 is 1.12 bits per heavy atom. The molecule has 12 heteroatoms. The van der Waals surface area contributed by atoms with Crippen LogP contribution in [0.3, 0.4) is 0 Å². The molecule has 0 saturated heterocycles. The Balaban J connectivity index is 2.08. The number of methoxy groups -OCH3 is 1. The van der Waals surface area contributed by atoms with E-state index >= 15 is 0 Å². The van der Waals surface area contributed by atoms with Crippen molar-refractivity contribution in [3.63, 3.8) is 0 Å². The van der Waals surface area contributed by atoms with E-state index in [1.165, 1.54) is 12.1 Å². The summed E-state index contributed by atoms with van der Waals surface area (Å²) in [5.74, 6) is -3.86. The van der Waals surface area contributed by atoms with E-state index in [1.54, 1.807) is 12.1 Å². The molecule has 0 bridgehead atoms. The van der Waals surface area contributed by atoms with Crippen LogP contribution in [0.5, 0.6) is 11.6 Å². The van der Waals surface area contributed by atoms with Gasteiger partial charge in [0.25, 0.3) is 10.0 Å². The SMILES string of the molecule is COc1ncc(C(=O)O)cc1S(=O)(=O)Nc1cc(-c2ccccc2OCCO)c(F)cc1F. The topological polar surface area (TPSA) is 135 Å². The Labute approximate surface area is 187 Å². The number of rotatable bonds is 9. The van der Waals surface area contributed by atoms with Crippen LogP contribution in [0.15, 0.2) is 53.6 Å². The number of benzene rings is 2. The molecule has 0 radical (unpaired) electrons. The van der Waals surface area contributed by atoms with Gasteiger partial charge >= 0.3 is 5.97 Å². The van der Waals surface area contributed by atoms with Crippen LogP contribution < -0.4 is 14.2 Å². The van der Waals surface area contributed by atoms with Gasteiger partial charge in [-0.3, -0.25) is 4.72 Å². The quantitative estimate of drug-likeness (QED) is 0.426. The Kier molecular flexibility index (Phi) is 7.09. The number of anilines is 1. The number of aliphatic hydroxyl groups is 1. The second-order valence-electron chi connectivity index (χ2n) is 6.52. The van der Waals surface area contributed by atoms with Crippen molar-refractivity contribution in [1.29, 1.82) is 0 Å². The monoisotopic (exact) mass is 480 g/mol. The molecule has 0 aliphatic rings. The molecule has 2 aromatic carbocycles. The predicted molar refractivity (Wildman–Crippen MR) is 113 cm³/mol. The van der Waals surface area contributed by atoms with Gasteiger partial charge in [0.1, 0.15) is 24.0 Å². The molecule has 0 saturated carbocycles. The molecule has 0 atom stereocenters. The number of carbonyl (C=O) groups is 1. The lowest BCUT2D eigenvalue weighted by atomic mass is 10.0. The first-order valence-corrected chi connectivity index (χ1v) is 10.8. The Hall–Kier alpha value is -3.77. The number of nitrogens with one attached hydrogen (secondary N) is 1. The summed E-state index contributed by atoms with van der Waals surface area (Å²) in [6.07, 6.45) is 0.903. The first-order valence-electron chi connectivity index (χ1n) is 9.30. The van der Waals surface area contributed by atoms with Crippen LogP contribution in [0, 0.1) is 11.6 Å². The summed E-state index contributed by atoms with van der Waals surface area (Å²) in [6, 6.07) is 8.40. The average Bonchev–Trinajstić information content (AvgIpc) is 2.79. The van der Waals surface area contributed by atoms with Crippen molar-refractivity contribution in [2.45, 2.75) is 4.90 Å². The number of hydrogen-bond acceptors (Lipinski definition) is 7. The minimum atomic E-state index is -4.60. The van der Waals surface area contributed by atoms with E-state index in [0.29, 0.717) is 6.07 Å². The van der Waals surface area contributed by atoms with E-state index in [0.717, 1.165) is 25.4 Å². The summed E-state index contributed by atoms with van der Waals surface area (Å²) in [6.45, 7) is -0.372. The lowest BCUT2D eigenvalue weighted by Gasteiger charge is -2.15. The second-order valence-corrected chi connectivity index (χ2v) is 8.17. The highest BCUT2D eigenvalue weighted by molar-refractivity contribution is 7.92. The van der Waals surface area contributed by atoms with Gasteiger partial charge in [0, 0.05) is 23.4 Å². The van der Waals surface area contributed by atoms with Gasteiger partial charge in [0.05, 0.1) is 25.0 Å². The van der Waals surface area contributed by atoms with Crippen LogP contribution in [0.2, 0.25) is 0 Å². The zero-order valence-corrected chi connectivity index (χ0v) is 17.9. The number of pyridine rings is 1. The maximum atomic E-state index is 14.6. The van der Waals surface area contributed by atoms with Crippen molar-refractivity contribution in [1.82, 2.24) is 4.98 Å². The summed E-state index contributed by atoms with van der Waals surface area (Å²) in [5.41, 5.74) is -1.03. The number of aromatic nitrogens is 1. The number of ether oxygens (including phenoxy) is 2. The van der Waals surface area contributed by atoms with Crippen LogP contribution in [0.4, 0.5) is 14.5 Å². The van der Waals surface area contributed by atoms with Crippen LogP contribution in [-0.4, -0.2) is 49.9 Å². The lowest BCUT2D eigenvalue weighted by Crippen LogP contribution is -2.17. The van der Waals surface area contributed by atoms with Crippen molar-refractivity contribution in [2.24, 2.45) is 0 Å². The highest BCUT2D eigenvalue weighted by atomic mass is 32.2. The molecule has 3 rings (SSSR count). The predicted octanol–water partition coefficient (Wildman–Crippen LogP) is 2.91. The highest BCUT2D eigenvalue weighted by Gasteiger charge is 2.25. The summed E-state index contributed by atoms with van der Waals surface area (Å²) >= 11 is 0. The molecule has 1 aromatic heterocycles. The fourth-order valence-electron chi connectivity index (χ4n) is 2.90. The average molecular weight is 480 g/mol. The zero-order chi connectivity index (χ0) is 24.2. The van der Waals surface area contributed by atoms with Gasteiger partial charge in [-0.15, -0.1) is 0 Å². The molecular weight excluding hydrogens is 462 g/mol. The number of nitrogens with zero attached hydrogens (tertiary/aromatic N) is 1. The van der Waals surface area contributed by atoms with E-state index in [9.17, 15) is 22.0 Å². The van der Waals surface area contributed by atoms with E-state index < -0.39 is 49.7 Å². The van der Waals surface area contributed by atoms with Gasteiger partial charge in [0.2, 0.25) is 5.88 Å². The van der Waals surface area contributed by atoms with Crippen LogP contribution in [-0.2, 0) is 10.0 Å². The van der Waals surface area contributed by atoms with Crippen molar-refractivity contribution in [2.75, 3.05) is 25.0 Å². The zero-order valence-electron chi connectivity index (χ0n) is 17.1. The molecule has 174 valence electrons. The van der Waals surface area contributed by atoms with E-state index in [2.05, 4.69) is 4.98 Å². The van der Waals surface area contributed by atoms with Crippen LogP contribution >= 0.6 is 0 Å². The number of aromatic carboxylic acids is 1. The first kappa shape index (κ1) is 23.9. The van der Waals surface area contributed by atoms with Gasteiger partial charge in [-0.05, 0) is 18.2 Å². The van der Waals surface area contributed by atoms with Gasteiger partial charge < -0.3 is 19.7 Å². The van der Waals surface area contributed by atoms with Gasteiger partial charge in [-0.2, -0.15) is 0 Å². The number of halogens is 2. The Morgan fingerprint density at radius 2 is 1.85 bits per heavy atom. The molecule has 3 aromatic rings. The van der Waals surface area contributed by atoms with Crippen molar-refractivity contribution in [3.05, 3.63) is 65.9 Å². The van der Waals surface area contributed by atoms with Gasteiger partial charge in [-0.25, -0.2) is 27.0 Å². The fraction of sp³-hybridized carbons (Fsp3) is 0.143. The number of carboxylic acid groups (broad SMARTS) is 1. The number of hydrogen-bond donors (Lipinski definition) is 3. The number of para-hydroxylation sites is 1. The second kappa shape index (κ2) is 9.79. The van der Waals surface area contributed by atoms with Crippen molar-refractivity contribution >= 4 is 21.7 Å². The normalized spacial score (nSPS) is 11.2. The van der Waals surface area contributed by atoms with Crippen LogP contribution in [0.25, 0.3) is 11.1 Å². The third-order valence-corrected chi connectivity index (χ3v) is 5.74. The van der Waals surface area contributed by atoms with Crippen molar-refractivity contribution < 1.29 is 41.7 Å². The number of aliphatic hydroxyl groups excluding tert-OH is 1. The Morgan fingerprint density at radius 3 is 2.52 bits per heavy atom. The maximum Gasteiger partial charge on any atom is 0.337 e.